The summed E-state index contributed by atoms with van der Waals surface area (Å²) in [5, 5.41) is 3.32. The maximum atomic E-state index is 12.8. The van der Waals surface area contributed by atoms with E-state index >= 15 is 0 Å². The van der Waals surface area contributed by atoms with Crippen LogP contribution in [0.25, 0.3) is 0 Å². The molecule has 2 aromatic rings. The van der Waals surface area contributed by atoms with Crippen molar-refractivity contribution in [1.29, 1.82) is 0 Å². The summed E-state index contributed by atoms with van der Waals surface area (Å²) in [5.74, 6) is 0. The molecule has 0 bridgehead atoms. The number of hydrogen-bond donors (Lipinski definition) is 0. The molecule has 0 amide bonds. The summed E-state index contributed by atoms with van der Waals surface area (Å²) in [7, 11) is 0. The van der Waals surface area contributed by atoms with Crippen LogP contribution in [0.2, 0.25) is 0 Å². The van der Waals surface area contributed by atoms with Crippen LogP contribution < -0.4 is 0 Å². The second kappa shape index (κ2) is 7.21. The van der Waals surface area contributed by atoms with E-state index in [4.69, 9.17) is 4.84 Å². The van der Waals surface area contributed by atoms with Gasteiger partial charge in [-0.05, 0) is 6.07 Å². The number of nitrogens with zero attached hydrogens (tertiary/aromatic N) is 1. The lowest BCUT2D eigenvalue weighted by Crippen LogP contribution is -2.08. The van der Waals surface area contributed by atoms with E-state index in [1.54, 1.807) is 6.07 Å². The predicted molar refractivity (Wildman–Crippen MR) is 74.2 cm³/mol. The average Bonchev–Trinajstić information content (AvgIpc) is 2.51. The Bertz CT molecular complexity index is 682. The Hall–Kier alpha value is -2.44. The first-order valence-corrected chi connectivity index (χ1v) is 6.50. The molecular formula is C16H11F5NO. The Morgan fingerprint density at radius 1 is 1.00 bits per heavy atom. The molecule has 0 N–H and O–H groups in total. The molecule has 0 atom stereocenters. The van der Waals surface area contributed by atoms with Gasteiger partial charge in [-0.3, -0.25) is 0 Å². The van der Waals surface area contributed by atoms with E-state index in [0.717, 1.165) is 6.07 Å². The van der Waals surface area contributed by atoms with Gasteiger partial charge >= 0.3 is 6.18 Å². The minimum Gasteiger partial charge on any atom is -0.390 e. The normalized spacial score (nSPS) is 12.1. The molecule has 0 unspecified atom stereocenters. The van der Waals surface area contributed by atoms with Gasteiger partial charge in [0.2, 0.25) is 0 Å². The average molecular weight is 328 g/mol. The van der Waals surface area contributed by atoms with Crippen LogP contribution in [0.3, 0.4) is 0 Å². The van der Waals surface area contributed by atoms with Gasteiger partial charge in [0.1, 0.15) is 12.8 Å². The summed E-state index contributed by atoms with van der Waals surface area (Å²) in [6, 6.07) is 10.4. The first kappa shape index (κ1) is 16.9. The predicted octanol–water partition coefficient (Wildman–Crippen LogP) is 5.07. The lowest BCUT2D eigenvalue weighted by atomic mass is 10.1. The maximum absolute atomic E-state index is 12.8. The number of hydrogen-bond acceptors (Lipinski definition) is 2. The van der Waals surface area contributed by atoms with Crippen LogP contribution in [0.5, 0.6) is 0 Å². The van der Waals surface area contributed by atoms with Crippen LogP contribution in [0.15, 0.2) is 53.7 Å². The molecule has 1 radical (unpaired) electrons. The molecule has 0 aliphatic heterocycles. The van der Waals surface area contributed by atoms with Crippen LogP contribution in [-0.4, -0.2) is 6.21 Å². The first-order chi connectivity index (χ1) is 10.9. The standard InChI is InChI=1S/C16H11F5NO/c17-15(18)13-7-3-1-6-12(13)10-23-22-9-11-5-2-4-8-14(11)16(19,20)21/h1-8,15H,10H2. The smallest absolute Gasteiger partial charge is 0.390 e. The molecule has 0 aromatic heterocycles. The topological polar surface area (TPSA) is 21.6 Å². The fourth-order valence-electron chi connectivity index (χ4n) is 1.89. The summed E-state index contributed by atoms with van der Waals surface area (Å²) >= 11 is 0. The summed E-state index contributed by atoms with van der Waals surface area (Å²) in [6.45, 7) is -0.290. The Morgan fingerprint density at radius 2 is 1.65 bits per heavy atom. The largest absolute Gasteiger partial charge is 0.417 e. The Balaban J connectivity index is 2.07. The number of benzene rings is 2. The highest BCUT2D eigenvalue weighted by atomic mass is 19.4. The maximum Gasteiger partial charge on any atom is 0.417 e. The highest BCUT2D eigenvalue weighted by Gasteiger charge is 2.32. The molecule has 2 nitrogen and oxygen atoms in total. The molecule has 0 spiro atoms. The molecule has 0 heterocycles. The Labute approximate surface area is 129 Å². The quantitative estimate of drug-likeness (QED) is 0.426. The third kappa shape index (κ3) is 4.51. The zero-order valence-corrected chi connectivity index (χ0v) is 11.6. The van der Waals surface area contributed by atoms with Gasteiger partial charge in [0, 0.05) is 16.7 Å². The lowest BCUT2D eigenvalue weighted by Gasteiger charge is -2.09. The van der Waals surface area contributed by atoms with E-state index in [1.165, 1.54) is 36.4 Å². The highest BCUT2D eigenvalue weighted by molar-refractivity contribution is 5.81. The summed E-state index contributed by atoms with van der Waals surface area (Å²) < 4.78 is 63.8. The van der Waals surface area contributed by atoms with Crippen molar-refractivity contribution in [3.63, 3.8) is 0 Å². The fourth-order valence-corrected chi connectivity index (χ4v) is 1.89. The molecule has 0 fully saturated rings. The SMILES string of the molecule is FC(F)c1ccccc1CO/N=[C]\c1ccccc1C(F)(F)F. The van der Waals surface area contributed by atoms with Crippen LogP contribution >= 0.6 is 0 Å². The first-order valence-electron chi connectivity index (χ1n) is 6.50. The molecule has 23 heavy (non-hydrogen) atoms. The zero-order valence-electron chi connectivity index (χ0n) is 11.6. The molecule has 0 aliphatic carbocycles. The van der Waals surface area contributed by atoms with Crippen molar-refractivity contribution < 1.29 is 26.8 Å². The van der Waals surface area contributed by atoms with Crippen LogP contribution in [0.4, 0.5) is 22.0 Å². The van der Waals surface area contributed by atoms with Crippen molar-refractivity contribution in [3.8, 4) is 0 Å². The lowest BCUT2D eigenvalue weighted by molar-refractivity contribution is -0.137. The van der Waals surface area contributed by atoms with Gasteiger partial charge in [0.05, 0.1) is 5.56 Å². The van der Waals surface area contributed by atoms with Gasteiger partial charge < -0.3 is 4.84 Å². The summed E-state index contributed by atoms with van der Waals surface area (Å²) in [4.78, 5) is 4.80. The molecule has 7 heteroatoms. The molecule has 0 saturated carbocycles. The second-order valence-electron chi connectivity index (χ2n) is 4.52. The zero-order chi connectivity index (χ0) is 16.9. The van der Waals surface area contributed by atoms with Gasteiger partial charge in [0.15, 0.2) is 0 Å². The van der Waals surface area contributed by atoms with Crippen molar-refractivity contribution >= 4 is 6.21 Å². The van der Waals surface area contributed by atoms with Crippen LogP contribution in [-0.2, 0) is 17.6 Å². The fraction of sp³-hybridized carbons (Fsp3) is 0.188. The van der Waals surface area contributed by atoms with Gasteiger partial charge in [-0.15, -0.1) is 0 Å². The van der Waals surface area contributed by atoms with Crippen molar-refractivity contribution in [2.45, 2.75) is 19.2 Å². The number of halogens is 5. The van der Waals surface area contributed by atoms with Gasteiger partial charge in [-0.25, -0.2) is 8.78 Å². The van der Waals surface area contributed by atoms with Crippen molar-refractivity contribution in [1.82, 2.24) is 0 Å². The van der Waals surface area contributed by atoms with Crippen LogP contribution in [0, 0.1) is 0 Å². The van der Waals surface area contributed by atoms with Gasteiger partial charge in [0.25, 0.3) is 6.43 Å². The molecule has 0 saturated heterocycles. The van der Waals surface area contributed by atoms with E-state index in [-0.39, 0.29) is 23.3 Å². The van der Waals surface area contributed by atoms with Gasteiger partial charge in [-0.1, -0.05) is 47.6 Å². The molecular weight excluding hydrogens is 317 g/mol. The van der Waals surface area contributed by atoms with E-state index in [2.05, 4.69) is 11.4 Å². The van der Waals surface area contributed by atoms with E-state index in [1.807, 2.05) is 0 Å². The molecule has 121 valence electrons. The van der Waals surface area contributed by atoms with E-state index in [0.29, 0.717) is 0 Å². The number of rotatable bonds is 5. The van der Waals surface area contributed by atoms with E-state index in [9.17, 15) is 22.0 Å². The Kier molecular flexibility index (Phi) is 5.31. The van der Waals surface area contributed by atoms with Crippen molar-refractivity contribution in [3.05, 3.63) is 70.8 Å². The van der Waals surface area contributed by atoms with Gasteiger partial charge in [-0.2, -0.15) is 13.2 Å². The minimum absolute atomic E-state index is 0.206. The monoisotopic (exact) mass is 328 g/mol. The minimum atomic E-state index is -4.54. The van der Waals surface area contributed by atoms with Crippen molar-refractivity contribution in [2.24, 2.45) is 5.16 Å². The Morgan fingerprint density at radius 3 is 2.35 bits per heavy atom. The van der Waals surface area contributed by atoms with Crippen molar-refractivity contribution in [2.75, 3.05) is 0 Å². The van der Waals surface area contributed by atoms with E-state index < -0.39 is 18.2 Å². The molecule has 0 aliphatic rings. The third-order valence-electron chi connectivity index (χ3n) is 2.97. The second-order valence-corrected chi connectivity index (χ2v) is 4.52. The summed E-state index contributed by atoms with van der Waals surface area (Å²) in [5.41, 5.74) is -1.20. The number of alkyl halides is 5. The molecule has 2 rings (SSSR count). The third-order valence-corrected chi connectivity index (χ3v) is 2.97. The highest BCUT2D eigenvalue weighted by Crippen LogP contribution is 2.31. The van der Waals surface area contributed by atoms with Crippen LogP contribution in [0.1, 0.15) is 28.7 Å². The summed E-state index contributed by atoms with van der Waals surface area (Å²) in [6.07, 6.45) is -5.08. The molecule has 2 aromatic carbocycles.